The molecule has 0 aromatic heterocycles. The first-order valence-electron chi connectivity index (χ1n) is 5.71. The van der Waals surface area contributed by atoms with E-state index >= 15 is 0 Å². The standard InChI is InChI=1S/C14H21/c1-4-6-8-14-10-12(3)9-13(11-14)7-5-2/h9-11H,3-8H2,1-2H3. The van der Waals surface area contributed by atoms with Gasteiger partial charge < -0.3 is 0 Å². The van der Waals surface area contributed by atoms with Crippen molar-refractivity contribution in [2.75, 3.05) is 0 Å². The van der Waals surface area contributed by atoms with Crippen molar-refractivity contribution in [1.29, 1.82) is 0 Å². The van der Waals surface area contributed by atoms with Crippen LogP contribution in [0.3, 0.4) is 0 Å². The minimum Gasteiger partial charge on any atom is -0.0654 e. The largest absolute Gasteiger partial charge is 0.0654 e. The second-order valence-electron chi connectivity index (χ2n) is 4.01. The van der Waals surface area contributed by atoms with E-state index in [1.165, 1.54) is 48.8 Å². The van der Waals surface area contributed by atoms with E-state index in [-0.39, 0.29) is 0 Å². The van der Waals surface area contributed by atoms with Gasteiger partial charge in [0.1, 0.15) is 0 Å². The molecule has 1 radical (unpaired) electrons. The highest BCUT2D eigenvalue weighted by Gasteiger charge is 1.98. The molecule has 14 heavy (non-hydrogen) atoms. The lowest BCUT2D eigenvalue weighted by Gasteiger charge is -2.06. The van der Waals surface area contributed by atoms with Gasteiger partial charge in [0, 0.05) is 0 Å². The summed E-state index contributed by atoms with van der Waals surface area (Å²) in [5.74, 6) is 0. The van der Waals surface area contributed by atoms with Crippen LogP contribution in [-0.4, -0.2) is 0 Å². The lowest BCUT2D eigenvalue weighted by atomic mass is 10.00. The van der Waals surface area contributed by atoms with Gasteiger partial charge in [-0.25, -0.2) is 0 Å². The molecule has 0 aliphatic heterocycles. The number of hydrogen-bond acceptors (Lipinski definition) is 0. The summed E-state index contributed by atoms with van der Waals surface area (Å²) in [4.78, 5) is 0. The Morgan fingerprint density at radius 1 is 0.929 bits per heavy atom. The van der Waals surface area contributed by atoms with Crippen molar-refractivity contribution in [3.05, 3.63) is 41.8 Å². The predicted molar refractivity (Wildman–Crippen MR) is 63.5 cm³/mol. The van der Waals surface area contributed by atoms with E-state index in [4.69, 9.17) is 0 Å². The highest BCUT2D eigenvalue weighted by Crippen LogP contribution is 2.13. The van der Waals surface area contributed by atoms with E-state index < -0.39 is 0 Å². The van der Waals surface area contributed by atoms with Crippen LogP contribution in [0.1, 0.15) is 49.8 Å². The summed E-state index contributed by atoms with van der Waals surface area (Å²) >= 11 is 0. The van der Waals surface area contributed by atoms with Crippen LogP contribution >= 0.6 is 0 Å². The van der Waals surface area contributed by atoms with E-state index in [2.05, 4.69) is 39.0 Å². The Bertz CT molecular complexity index is 273. The topological polar surface area (TPSA) is 0 Å². The lowest BCUT2D eigenvalue weighted by molar-refractivity contribution is 0.792. The van der Waals surface area contributed by atoms with Crippen LogP contribution in [-0.2, 0) is 12.8 Å². The maximum Gasteiger partial charge on any atom is -0.0238 e. The molecule has 0 heterocycles. The molecule has 0 heteroatoms. The molecule has 1 rings (SSSR count). The Balaban J connectivity index is 2.73. The van der Waals surface area contributed by atoms with Crippen molar-refractivity contribution in [1.82, 2.24) is 0 Å². The third-order valence-electron chi connectivity index (χ3n) is 2.47. The Kier molecular flexibility index (Phi) is 4.72. The van der Waals surface area contributed by atoms with Crippen LogP contribution in [0, 0.1) is 6.92 Å². The van der Waals surface area contributed by atoms with E-state index in [0.29, 0.717) is 0 Å². The SMILES string of the molecule is [CH2]c1cc(CCC)cc(CCCC)c1. The Labute approximate surface area is 88.4 Å². The zero-order chi connectivity index (χ0) is 10.4. The van der Waals surface area contributed by atoms with Gasteiger partial charge in [0.15, 0.2) is 0 Å². The smallest absolute Gasteiger partial charge is 0.0238 e. The molecule has 0 fully saturated rings. The van der Waals surface area contributed by atoms with Gasteiger partial charge in [0.2, 0.25) is 0 Å². The zero-order valence-electron chi connectivity index (χ0n) is 9.47. The van der Waals surface area contributed by atoms with Crippen LogP contribution < -0.4 is 0 Å². The minimum atomic E-state index is 1.17. The fraction of sp³-hybridized carbons (Fsp3) is 0.500. The molecule has 0 saturated carbocycles. The molecule has 0 saturated heterocycles. The fourth-order valence-electron chi connectivity index (χ4n) is 1.80. The Morgan fingerprint density at radius 2 is 1.57 bits per heavy atom. The van der Waals surface area contributed by atoms with Crippen molar-refractivity contribution in [3.8, 4) is 0 Å². The van der Waals surface area contributed by atoms with Crippen molar-refractivity contribution in [2.45, 2.75) is 46.0 Å². The molecule has 1 aromatic carbocycles. The molecule has 0 N–H and O–H groups in total. The van der Waals surface area contributed by atoms with Gasteiger partial charge >= 0.3 is 0 Å². The van der Waals surface area contributed by atoms with Gasteiger partial charge in [0.25, 0.3) is 0 Å². The van der Waals surface area contributed by atoms with Crippen LogP contribution in [0.4, 0.5) is 0 Å². The van der Waals surface area contributed by atoms with E-state index in [1.807, 2.05) is 0 Å². The summed E-state index contributed by atoms with van der Waals surface area (Å²) in [7, 11) is 0. The Hall–Kier alpha value is -0.780. The molecule has 0 nitrogen and oxygen atoms in total. The molecule has 1 aromatic rings. The average Bonchev–Trinajstić information content (AvgIpc) is 2.14. The number of rotatable bonds is 5. The number of unbranched alkanes of at least 4 members (excludes halogenated alkanes) is 1. The maximum absolute atomic E-state index is 4.03. The molecular weight excluding hydrogens is 168 g/mol. The van der Waals surface area contributed by atoms with Crippen LogP contribution in [0.25, 0.3) is 0 Å². The van der Waals surface area contributed by atoms with E-state index in [9.17, 15) is 0 Å². The normalized spacial score (nSPS) is 10.5. The third-order valence-corrected chi connectivity index (χ3v) is 2.47. The minimum absolute atomic E-state index is 1.17. The number of hydrogen-bond donors (Lipinski definition) is 0. The molecule has 0 bridgehead atoms. The summed E-state index contributed by atoms with van der Waals surface area (Å²) in [6.07, 6.45) is 6.16. The summed E-state index contributed by atoms with van der Waals surface area (Å²) in [5, 5.41) is 0. The molecule has 0 spiro atoms. The van der Waals surface area contributed by atoms with Crippen LogP contribution in [0.15, 0.2) is 18.2 Å². The van der Waals surface area contributed by atoms with Crippen LogP contribution in [0.2, 0.25) is 0 Å². The van der Waals surface area contributed by atoms with Gasteiger partial charge in [-0.1, -0.05) is 44.9 Å². The lowest BCUT2D eigenvalue weighted by Crippen LogP contribution is -1.91. The number of benzene rings is 1. The molecule has 77 valence electrons. The zero-order valence-corrected chi connectivity index (χ0v) is 9.47. The highest BCUT2D eigenvalue weighted by molar-refractivity contribution is 5.32. The average molecular weight is 189 g/mol. The van der Waals surface area contributed by atoms with Crippen molar-refractivity contribution >= 4 is 0 Å². The van der Waals surface area contributed by atoms with Crippen LogP contribution in [0.5, 0.6) is 0 Å². The summed E-state index contributed by atoms with van der Waals surface area (Å²) in [6, 6.07) is 6.77. The van der Waals surface area contributed by atoms with Gasteiger partial charge in [0.05, 0.1) is 0 Å². The first kappa shape index (κ1) is 11.3. The first-order chi connectivity index (χ1) is 6.76. The van der Waals surface area contributed by atoms with Gasteiger partial charge in [-0.3, -0.25) is 0 Å². The van der Waals surface area contributed by atoms with E-state index in [0.717, 1.165) is 0 Å². The maximum atomic E-state index is 4.03. The molecular formula is C14H21. The van der Waals surface area contributed by atoms with Crippen molar-refractivity contribution in [2.24, 2.45) is 0 Å². The van der Waals surface area contributed by atoms with Crippen molar-refractivity contribution < 1.29 is 0 Å². The molecule has 0 unspecified atom stereocenters. The van der Waals surface area contributed by atoms with Gasteiger partial charge in [-0.2, -0.15) is 0 Å². The Morgan fingerprint density at radius 3 is 2.14 bits per heavy atom. The van der Waals surface area contributed by atoms with Gasteiger partial charge in [-0.05, 0) is 42.9 Å². The molecule has 0 atom stereocenters. The highest BCUT2D eigenvalue weighted by atomic mass is 14.0. The van der Waals surface area contributed by atoms with Gasteiger partial charge in [-0.15, -0.1) is 0 Å². The first-order valence-corrected chi connectivity index (χ1v) is 5.71. The fourth-order valence-corrected chi connectivity index (χ4v) is 1.80. The monoisotopic (exact) mass is 189 g/mol. The predicted octanol–water partition coefficient (Wildman–Crippen LogP) is 4.16. The molecule has 0 amide bonds. The summed E-state index contributed by atoms with van der Waals surface area (Å²) in [5.41, 5.74) is 4.08. The second-order valence-corrected chi connectivity index (χ2v) is 4.01. The summed E-state index contributed by atoms with van der Waals surface area (Å²) in [6.45, 7) is 8.49. The van der Waals surface area contributed by atoms with E-state index in [1.54, 1.807) is 0 Å². The number of aryl methyl sites for hydroxylation is 2. The molecule has 0 aliphatic rings. The van der Waals surface area contributed by atoms with Crippen molar-refractivity contribution in [3.63, 3.8) is 0 Å². The second kappa shape index (κ2) is 5.85. The quantitative estimate of drug-likeness (QED) is 0.652. The molecule has 0 aliphatic carbocycles. The summed E-state index contributed by atoms with van der Waals surface area (Å²) < 4.78 is 0. The third kappa shape index (κ3) is 3.53.